The van der Waals surface area contributed by atoms with Crippen molar-refractivity contribution in [2.24, 2.45) is 0 Å². The molecule has 0 fully saturated rings. The molecule has 1 aromatic carbocycles. The fraction of sp³-hybridized carbons (Fsp3) is 0.286. The third kappa shape index (κ3) is 3.72. The first-order valence-electron chi connectivity index (χ1n) is 5.89. The van der Waals surface area contributed by atoms with Crippen LogP contribution in [-0.2, 0) is 6.42 Å². The van der Waals surface area contributed by atoms with Gasteiger partial charge in [-0.2, -0.15) is 0 Å². The molecular formula is C14H15BrClNOS. The highest BCUT2D eigenvalue weighted by molar-refractivity contribution is 9.11. The molecule has 0 bridgehead atoms. The Balaban J connectivity index is 2.18. The minimum absolute atomic E-state index is 0.251. The number of rotatable bonds is 5. The number of nitrogens with one attached hydrogen (secondary N) is 1. The van der Waals surface area contributed by atoms with Crippen molar-refractivity contribution < 1.29 is 4.74 Å². The van der Waals surface area contributed by atoms with Gasteiger partial charge in [0.25, 0.3) is 0 Å². The van der Waals surface area contributed by atoms with E-state index < -0.39 is 0 Å². The normalized spacial score (nSPS) is 12.4. The van der Waals surface area contributed by atoms with Gasteiger partial charge in [0.05, 0.1) is 15.9 Å². The molecule has 0 aliphatic carbocycles. The maximum absolute atomic E-state index is 6.10. The number of thiophene rings is 1. The molecule has 1 atom stereocenters. The van der Waals surface area contributed by atoms with Crippen LogP contribution < -0.4 is 10.1 Å². The van der Waals surface area contributed by atoms with Crippen molar-refractivity contribution in [3.8, 4) is 5.75 Å². The molecule has 5 heteroatoms. The predicted molar refractivity (Wildman–Crippen MR) is 85.5 cm³/mol. The van der Waals surface area contributed by atoms with Crippen LogP contribution in [-0.4, -0.2) is 14.2 Å². The van der Waals surface area contributed by atoms with Crippen molar-refractivity contribution in [2.45, 2.75) is 12.5 Å². The number of hydrogen-bond acceptors (Lipinski definition) is 3. The van der Waals surface area contributed by atoms with Crippen LogP contribution in [0.1, 0.15) is 16.5 Å². The van der Waals surface area contributed by atoms with Crippen molar-refractivity contribution >= 4 is 38.9 Å². The van der Waals surface area contributed by atoms with Crippen LogP contribution in [0.4, 0.5) is 0 Å². The molecule has 19 heavy (non-hydrogen) atoms. The van der Waals surface area contributed by atoms with Crippen molar-refractivity contribution in [3.63, 3.8) is 0 Å². The maximum Gasteiger partial charge on any atom is 0.119 e. The first-order chi connectivity index (χ1) is 9.13. The van der Waals surface area contributed by atoms with Crippen LogP contribution in [0.15, 0.2) is 34.1 Å². The Morgan fingerprint density at radius 2 is 2.21 bits per heavy atom. The van der Waals surface area contributed by atoms with Crippen LogP contribution in [0.3, 0.4) is 0 Å². The van der Waals surface area contributed by atoms with Crippen molar-refractivity contribution in [2.75, 3.05) is 14.2 Å². The molecule has 1 heterocycles. The van der Waals surface area contributed by atoms with E-state index in [9.17, 15) is 0 Å². The van der Waals surface area contributed by atoms with Crippen molar-refractivity contribution in [1.29, 1.82) is 0 Å². The highest BCUT2D eigenvalue weighted by Gasteiger charge is 2.15. The number of ether oxygens (including phenoxy) is 1. The second kappa shape index (κ2) is 6.75. The fourth-order valence-electron chi connectivity index (χ4n) is 1.92. The van der Waals surface area contributed by atoms with Gasteiger partial charge in [0.15, 0.2) is 0 Å². The minimum atomic E-state index is 0.251. The lowest BCUT2D eigenvalue weighted by Gasteiger charge is -2.15. The number of methoxy groups -OCH3 is 1. The Kier molecular flexibility index (Phi) is 5.28. The first-order valence-corrected chi connectivity index (χ1v) is 7.87. The first kappa shape index (κ1) is 14.9. The summed E-state index contributed by atoms with van der Waals surface area (Å²) >= 11 is 11.2. The second-order valence-electron chi connectivity index (χ2n) is 4.17. The minimum Gasteiger partial charge on any atom is -0.497 e. The van der Waals surface area contributed by atoms with E-state index >= 15 is 0 Å². The molecule has 1 unspecified atom stereocenters. The van der Waals surface area contributed by atoms with Gasteiger partial charge < -0.3 is 10.1 Å². The molecule has 1 aromatic heterocycles. The van der Waals surface area contributed by atoms with E-state index in [4.69, 9.17) is 16.3 Å². The lowest BCUT2D eigenvalue weighted by molar-refractivity contribution is 0.414. The van der Waals surface area contributed by atoms with E-state index in [1.807, 2.05) is 25.2 Å². The van der Waals surface area contributed by atoms with Gasteiger partial charge in [0, 0.05) is 10.9 Å². The SMILES string of the molecule is CNC(Cc1cccc(OC)c1)c1cc(Cl)c(Br)s1. The van der Waals surface area contributed by atoms with Crippen LogP contribution in [0, 0.1) is 0 Å². The molecule has 0 spiro atoms. The van der Waals surface area contributed by atoms with E-state index in [2.05, 4.69) is 33.4 Å². The molecule has 0 aliphatic heterocycles. The van der Waals surface area contributed by atoms with E-state index in [-0.39, 0.29) is 6.04 Å². The van der Waals surface area contributed by atoms with E-state index in [1.54, 1.807) is 18.4 Å². The lowest BCUT2D eigenvalue weighted by atomic mass is 10.0. The standard InChI is InChI=1S/C14H15BrClNOS/c1-17-12(13-8-11(16)14(15)19-13)7-9-4-3-5-10(6-9)18-2/h3-6,8,12,17H,7H2,1-2H3. The Labute approximate surface area is 130 Å². The summed E-state index contributed by atoms with van der Waals surface area (Å²) in [7, 11) is 3.65. The smallest absolute Gasteiger partial charge is 0.119 e. The Morgan fingerprint density at radius 3 is 2.79 bits per heavy atom. The summed E-state index contributed by atoms with van der Waals surface area (Å²) in [4.78, 5) is 1.22. The summed E-state index contributed by atoms with van der Waals surface area (Å²) in [5.74, 6) is 0.887. The summed E-state index contributed by atoms with van der Waals surface area (Å²) in [5.41, 5.74) is 1.24. The second-order valence-corrected chi connectivity index (χ2v) is 6.98. The fourth-order valence-corrected chi connectivity index (χ4v) is 3.77. The quantitative estimate of drug-likeness (QED) is 0.836. The Bertz CT molecular complexity index is 539. The van der Waals surface area contributed by atoms with E-state index in [0.29, 0.717) is 0 Å². The molecular weight excluding hydrogens is 346 g/mol. The third-order valence-electron chi connectivity index (χ3n) is 2.93. The topological polar surface area (TPSA) is 21.3 Å². The number of halogens is 2. The van der Waals surface area contributed by atoms with Crippen LogP contribution in [0.2, 0.25) is 5.02 Å². The molecule has 0 radical (unpaired) electrons. The van der Waals surface area contributed by atoms with Gasteiger partial charge >= 0.3 is 0 Å². The monoisotopic (exact) mass is 359 g/mol. The third-order valence-corrected chi connectivity index (χ3v) is 5.52. The molecule has 2 nitrogen and oxygen atoms in total. The van der Waals surface area contributed by atoms with Crippen LogP contribution in [0.25, 0.3) is 0 Å². The average molecular weight is 361 g/mol. The summed E-state index contributed by atoms with van der Waals surface area (Å²) < 4.78 is 6.23. The maximum atomic E-state index is 6.10. The molecule has 2 aromatic rings. The summed E-state index contributed by atoms with van der Waals surface area (Å²) in [6.45, 7) is 0. The Hall–Kier alpha value is -0.550. The largest absolute Gasteiger partial charge is 0.497 e. The van der Waals surface area contributed by atoms with Gasteiger partial charge in [-0.05, 0) is 53.2 Å². The number of hydrogen-bond donors (Lipinski definition) is 1. The van der Waals surface area contributed by atoms with Gasteiger partial charge in [-0.15, -0.1) is 11.3 Å². The molecule has 0 amide bonds. The van der Waals surface area contributed by atoms with Gasteiger partial charge in [-0.25, -0.2) is 0 Å². The van der Waals surface area contributed by atoms with E-state index in [0.717, 1.165) is 21.0 Å². The average Bonchev–Trinajstić information content (AvgIpc) is 2.76. The molecule has 102 valence electrons. The molecule has 0 saturated carbocycles. The summed E-state index contributed by atoms with van der Waals surface area (Å²) in [6, 6.07) is 10.4. The highest BCUT2D eigenvalue weighted by Crippen LogP contribution is 2.36. The summed E-state index contributed by atoms with van der Waals surface area (Å²) in [5, 5.41) is 4.10. The molecule has 0 aliphatic rings. The lowest BCUT2D eigenvalue weighted by Crippen LogP contribution is -2.17. The van der Waals surface area contributed by atoms with Crippen LogP contribution >= 0.6 is 38.9 Å². The molecule has 0 saturated heterocycles. The Morgan fingerprint density at radius 1 is 1.42 bits per heavy atom. The van der Waals surface area contributed by atoms with Crippen molar-refractivity contribution in [3.05, 3.63) is 49.6 Å². The zero-order valence-corrected chi connectivity index (χ0v) is 13.9. The summed E-state index contributed by atoms with van der Waals surface area (Å²) in [6.07, 6.45) is 0.900. The predicted octanol–water partition coefficient (Wildman–Crippen LogP) is 4.68. The van der Waals surface area contributed by atoms with Crippen LogP contribution in [0.5, 0.6) is 5.75 Å². The zero-order chi connectivity index (χ0) is 13.8. The van der Waals surface area contributed by atoms with E-state index in [1.165, 1.54) is 10.4 Å². The van der Waals surface area contributed by atoms with Gasteiger partial charge in [0.2, 0.25) is 0 Å². The zero-order valence-electron chi connectivity index (χ0n) is 10.7. The van der Waals surface area contributed by atoms with Gasteiger partial charge in [-0.3, -0.25) is 0 Å². The van der Waals surface area contributed by atoms with Gasteiger partial charge in [-0.1, -0.05) is 23.7 Å². The highest BCUT2D eigenvalue weighted by atomic mass is 79.9. The molecule has 1 N–H and O–H groups in total. The van der Waals surface area contributed by atoms with Crippen molar-refractivity contribution in [1.82, 2.24) is 5.32 Å². The molecule has 2 rings (SSSR count). The van der Waals surface area contributed by atoms with Gasteiger partial charge in [0.1, 0.15) is 5.75 Å². The number of likely N-dealkylation sites (N-methyl/N-ethyl adjacent to an activating group) is 1. The number of benzene rings is 1.